The molecule has 0 aromatic heterocycles. The summed E-state index contributed by atoms with van der Waals surface area (Å²) in [6.45, 7) is 0. The van der Waals surface area contributed by atoms with Crippen molar-refractivity contribution in [1.29, 1.82) is 0 Å². The van der Waals surface area contributed by atoms with Gasteiger partial charge in [0.15, 0.2) is 0 Å². The Hall–Kier alpha value is -5.98. The van der Waals surface area contributed by atoms with E-state index in [1.54, 1.807) is 0 Å². The Morgan fingerprint density at radius 1 is 0.174 bits per heavy atom. The molecule has 11 aromatic carbocycles. The van der Waals surface area contributed by atoms with Crippen molar-refractivity contribution in [3.63, 3.8) is 0 Å². The molecule has 11 aromatic rings. The van der Waals surface area contributed by atoms with Crippen LogP contribution in [0.15, 0.2) is 158 Å². The Morgan fingerprint density at radius 3 is 1.15 bits per heavy atom. The van der Waals surface area contributed by atoms with Crippen LogP contribution in [0, 0.1) is 0 Å². The van der Waals surface area contributed by atoms with Gasteiger partial charge in [-0.3, -0.25) is 0 Å². The van der Waals surface area contributed by atoms with Gasteiger partial charge in [0.1, 0.15) is 0 Å². The first-order valence-corrected chi connectivity index (χ1v) is 16.1. The summed E-state index contributed by atoms with van der Waals surface area (Å²) in [4.78, 5) is 0. The van der Waals surface area contributed by atoms with E-state index in [-0.39, 0.29) is 0 Å². The van der Waals surface area contributed by atoms with Gasteiger partial charge in [-0.2, -0.15) is 0 Å². The Balaban J connectivity index is 1.43. The monoisotopic (exact) mass is 578 g/mol. The van der Waals surface area contributed by atoms with E-state index in [0.717, 1.165) is 0 Å². The molecule has 0 unspecified atom stereocenters. The molecular weight excluding hydrogens is 553 g/mol. The second-order valence-corrected chi connectivity index (χ2v) is 12.9. The lowest BCUT2D eigenvalue weighted by Gasteiger charge is -2.18. The van der Waals surface area contributed by atoms with Gasteiger partial charge in [0.05, 0.1) is 0 Å². The maximum Gasteiger partial charge on any atom is -0.00137 e. The van der Waals surface area contributed by atoms with Crippen LogP contribution in [0.3, 0.4) is 0 Å². The smallest absolute Gasteiger partial charge is 0.00137 e. The van der Waals surface area contributed by atoms with Gasteiger partial charge in [-0.25, -0.2) is 0 Å². The third-order valence-corrected chi connectivity index (χ3v) is 10.4. The van der Waals surface area contributed by atoms with Gasteiger partial charge < -0.3 is 0 Å². The summed E-state index contributed by atoms with van der Waals surface area (Å²) in [5.41, 5.74) is 0. The molecule has 46 heavy (non-hydrogen) atoms. The molecule has 0 nitrogen and oxygen atoms in total. The van der Waals surface area contributed by atoms with Crippen LogP contribution in [-0.2, 0) is 0 Å². The van der Waals surface area contributed by atoms with Crippen molar-refractivity contribution in [2.75, 3.05) is 0 Å². The van der Waals surface area contributed by atoms with Crippen molar-refractivity contribution < 1.29 is 0 Å². The van der Waals surface area contributed by atoms with Crippen molar-refractivity contribution >= 4 is 108 Å². The quantitative estimate of drug-likeness (QED) is 0.124. The molecule has 0 heterocycles. The van der Waals surface area contributed by atoms with Crippen LogP contribution >= 0.6 is 0 Å². The van der Waals surface area contributed by atoms with Gasteiger partial charge >= 0.3 is 0 Å². The predicted molar refractivity (Wildman–Crippen MR) is 202 cm³/mol. The molecule has 0 heteroatoms. The first-order valence-electron chi connectivity index (χ1n) is 16.1. The van der Waals surface area contributed by atoms with Crippen LogP contribution in [-0.4, -0.2) is 0 Å². The molecule has 0 bridgehead atoms. The zero-order valence-corrected chi connectivity index (χ0v) is 25.0. The summed E-state index contributed by atoms with van der Waals surface area (Å²) >= 11 is 0. The van der Waals surface area contributed by atoms with Gasteiger partial charge in [-0.15, -0.1) is 0 Å². The average Bonchev–Trinajstić information content (AvgIpc) is 3.11. The van der Waals surface area contributed by atoms with E-state index in [4.69, 9.17) is 0 Å². The van der Waals surface area contributed by atoms with Crippen molar-refractivity contribution in [2.24, 2.45) is 0 Å². The van der Waals surface area contributed by atoms with Crippen LogP contribution in [0.4, 0.5) is 0 Å². The largest absolute Gasteiger partial charge is 0.0616 e. The lowest BCUT2D eigenvalue weighted by atomic mass is 9.85. The zero-order chi connectivity index (χ0) is 29.9. The van der Waals surface area contributed by atoms with Crippen LogP contribution in [0.1, 0.15) is 0 Å². The molecule has 0 spiro atoms. The summed E-state index contributed by atoms with van der Waals surface area (Å²) < 4.78 is 0. The molecule has 210 valence electrons. The minimum absolute atomic E-state index is 1.28. The van der Waals surface area contributed by atoms with Crippen molar-refractivity contribution in [3.8, 4) is 0 Å². The fraction of sp³-hybridized carbons (Fsp3) is 0. The molecule has 0 aliphatic rings. The van der Waals surface area contributed by atoms with Gasteiger partial charge in [-0.1, -0.05) is 121 Å². The fourth-order valence-corrected chi connectivity index (χ4v) is 8.36. The maximum atomic E-state index is 2.47. The molecular formula is C46H26. The van der Waals surface area contributed by atoms with Crippen LogP contribution < -0.4 is 0 Å². The number of rotatable bonds is 0. The normalized spacial score (nSPS) is 12.3. The minimum atomic E-state index is 1.28. The van der Waals surface area contributed by atoms with E-state index >= 15 is 0 Å². The van der Waals surface area contributed by atoms with Gasteiger partial charge in [0.2, 0.25) is 0 Å². The minimum Gasteiger partial charge on any atom is -0.0616 e. The van der Waals surface area contributed by atoms with Crippen molar-refractivity contribution in [2.45, 2.75) is 0 Å². The maximum absolute atomic E-state index is 2.47. The average molecular weight is 579 g/mol. The van der Waals surface area contributed by atoms with E-state index in [2.05, 4.69) is 158 Å². The lowest BCUT2D eigenvalue weighted by molar-refractivity contribution is 1.79. The number of hydrogen-bond donors (Lipinski definition) is 0. The second kappa shape index (κ2) is 8.81. The third-order valence-electron chi connectivity index (χ3n) is 10.4. The SMILES string of the molecule is c1ccc2cc3cc4cc5c(cc4cc3cc2c1)c1ccc2ccc3ccccc3c2c1c1ccc2ccc3ccccc3c2c51. The Kier molecular flexibility index (Phi) is 4.66. The van der Waals surface area contributed by atoms with Crippen molar-refractivity contribution in [1.82, 2.24) is 0 Å². The van der Waals surface area contributed by atoms with Crippen LogP contribution in [0.25, 0.3) is 108 Å². The Bertz CT molecular complexity index is 3130. The van der Waals surface area contributed by atoms with E-state index in [0.29, 0.717) is 0 Å². The molecule has 0 radical (unpaired) electrons. The molecule has 0 N–H and O–H groups in total. The first kappa shape index (κ1) is 24.4. The second-order valence-electron chi connectivity index (χ2n) is 12.9. The number of hydrogen-bond acceptors (Lipinski definition) is 0. The van der Waals surface area contributed by atoms with Crippen LogP contribution in [0.2, 0.25) is 0 Å². The highest BCUT2D eigenvalue weighted by Gasteiger charge is 2.17. The standard InChI is InChI=1S/C46H26/c1-2-10-32-22-34-24-36-26-42-41(25-35(36)23-33(34)21-31(32)9-1)39-19-17-29-15-13-27-7-3-5-11-37(27)43(29)45(39)40-20-18-30-16-14-28-8-4-6-12-38(28)44(30)46(40)42/h1-26H. The highest BCUT2D eigenvalue weighted by atomic mass is 14.2. The summed E-state index contributed by atoms with van der Waals surface area (Å²) in [6, 6.07) is 59.3. The Morgan fingerprint density at radius 2 is 0.565 bits per heavy atom. The van der Waals surface area contributed by atoms with E-state index in [9.17, 15) is 0 Å². The molecule has 0 saturated carbocycles. The van der Waals surface area contributed by atoms with Gasteiger partial charge in [0, 0.05) is 0 Å². The molecule has 0 amide bonds. The zero-order valence-electron chi connectivity index (χ0n) is 25.0. The summed E-state index contributed by atoms with van der Waals surface area (Å²) in [5, 5.41) is 26.0. The lowest BCUT2D eigenvalue weighted by Crippen LogP contribution is -1.89. The van der Waals surface area contributed by atoms with Crippen LogP contribution in [0.5, 0.6) is 0 Å². The molecule has 0 fully saturated rings. The highest BCUT2D eigenvalue weighted by Crippen LogP contribution is 2.46. The summed E-state index contributed by atoms with van der Waals surface area (Å²) in [7, 11) is 0. The van der Waals surface area contributed by atoms with E-state index < -0.39 is 0 Å². The third kappa shape index (κ3) is 3.23. The van der Waals surface area contributed by atoms with Gasteiger partial charge in [0.25, 0.3) is 0 Å². The number of fused-ring (bicyclic) bond motifs is 17. The first-order chi connectivity index (χ1) is 22.8. The fourth-order valence-electron chi connectivity index (χ4n) is 8.36. The summed E-state index contributed by atoms with van der Waals surface area (Å²) in [5.74, 6) is 0. The Labute approximate surface area is 264 Å². The highest BCUT2D eigenvalue weighted by molar-refractivity contribution is 6.41. The summed E-state index contributed by atoms with van der Waals surface area (Å²) in [6.07, 6.45) is 0. The molecule has 11 rings (SSSR count). The predicted octanol–water partition coefficient (Wildman–Crippen LogP) is 13.2. The molecule has 0 aliphatic heterocycles. The van der Waals surface area contributed by atoms with Crippen molar-refractivity contribution in [3.05, 3.63) is 158 Å². The molecule has 0 aliphatic carbocycles. The topological polar surface area (TPSA) is 0 Å². The van der Waals surface area contributed by atoms with Gasteiger partial charge in [-0.05, 0) is 144 Å². The molecule has 0 atom stereocenters. The molecule has 0 saturated heterocycles. The van der Waals surface area contributed by atoms with E-state index in [1.165, 1.54) is 108 Å². The number of benzene rings is 11. The van der Waals surface area contributed by atoms with E-state index in [1.807, 2.05) is 0 Å².